The van der Waals surface area contributed by atoms with Crippen molar-refractivity contribution in [2.24, 2.45) is 0 Å². The summed E-state index contributed by atoms with van der Waals surface area (Å²) in [4.78, 5) is 80.1. The lowest BCUT2D eigenvalue weighted by atomic mass is 10.2. The number of rotatable bonds is 20. The Morgan fingerprint density at radius 1 is 0.354 bits per heavy atom. The lowest BCUT2D eigenvalue weighted by Crippen LogP contribution is -2.21. The van der Waals surface area contributed by atoms with Gasteiger partial charge in [-0.2, -0.15) is 48.3 Å². The Bertz CT molecular complexity index is 7210. The zero-order valence-electron chi connectivity index (χ0n) is 66.7. The summed E-state index contributed by atoms with van der Waals surface area (Å²) in [5.74, 6) is 1.52. The van der Waals surface area contributed by atoms with Crippen LogP contribution in [0.4, 0.5) is 87.9 Å². The van der Waals surface area contributed by atoms with Gasteiger partial charge in [-0.1, -0.05) is 165 Å². The van der Waals surface area contributed by atoms with E-state index in [0.29, 0.717) is 77.6 Å². The van der Waals surface area contributed by atoms with E-state index in [1.54, 1.807) is 63.6 Å². The smallest absolute Gasteiger partial charge is 0.337 e. The molecule has 44 heteroatoms. The number of carboxylic acids is 1. The molecule has 10 aromatic heterocycles. The minimum atomic E-state index is -1.09. The van der Waals surface area contributed by atoms with Gasteiger partial charge in [-0.15, -0.1) is 25.5 Å². The number of carboxylic acid groups (broad SMARTS) is 1. The number of carbonyl (C=O) groups excluding carboxylic acids is 2. The first kappa shape index (κ1) is 84.6. The van der Waals surface area contributed by atoms with E-state index in [-0.39, 0.29) is 71.3 Å². The van der Waals surface area contributed by atoms with Crippen molar-refractivity contribution in [3.05, 3.63) is 269 Å². The molecule has 20 rings (SSSR count). The van der Waals surface area contributed by atoms with Crippen LogP contribution in [0, 0.1) is 0 Å². The number of thiazole rings is 5. The van der Waals surface area contributed by atoms with Crippen LogP contribution in [-0.2, 0) is 13.2 Å². The fourth-order valence-corrected chi connectivity index (χ4v) is 17.0. The van der Waals surface area contributed by atoms with Gasteiger partial charge in [0.15, 0.2) is 0 Å². The van der Waals surface area contributed by atoms with E-state index in [1.165, 1.54) is 97.1 Å². The van der Waals surface area contributed by atoms with Gasteiger partial charge >= 0.3 is 5.97 Å². The molecule has 10 heterocycles. The molecular weight excluding hydrogens is 1740 g/mol. The number of nitrogens with zero attached hydrogens (tertiary/aromatic N) is 21. The van der Waals surface area contributed by atoms with Gasteiger partial charge in [-0.25, -0.2) is 29.7 Å². The second-order valence-corrected chi connectivity index (χ2v) is 32.6. The SMILES string of the molecule is CN(C)C(=O)c1cccc(Nc2nc(N)n(-c3nc4ccccc4s3)n2)c1.CNC(=O)c1cccc(Nc2nc(N)n(-c3nc4ccccc4s3)n2)c1.Nc1nc(Nc2ccc(C(=O)O)c(Cl)c2)nn1-c1nc2ccccc2s1.Nc1nc(Nc2ccc(CO)cc2)nn1-c1nc2ccccc2s1.Nc1nc(Nc2cccc(CO)c2)nn1-c1nc2ccccc2s1. The maximum Gasteiger partial charge on any atom is 0.337 e. The number of para-hydroxylation sites is 5. The predicted octanol–water partition coefficient (Wildman–Crippen LogP) is 14.4. The molecule has 20 aromatic rings. The number of aromatic nitrogens is 20. The average molecular weight is 1810 g/mol. The van der Waals surface area contributed by atoms with Crippen molar-refractivity contribution >= 4 is 225 Å². The highest BCUT2D eigenvalue weighted by Crippen LogP contribution is 2.34. The highest BCUT2D eigenvalue weighted by Gasteiger charge is 2.22. The molecule has 0 aliphatic heterocycles. The molecule has 10 aromatic carbocycles. The third-order valence-electron chi connectivity index (χ3n) is 18.1. The first-order valence-corrected chi connectivity index (χ1v) is 42.4. The van der Waals surface area contributed by atoms with Crippen LogP contribution in [-0.4, -0.2) is 158 Å². The molecule has 2 amide bonds. The van der Waals surface area contributed by atoms with Crippen molar-refractivity contribution in [2.75, 3.05) is 76.4 Å². The van der Waals surface area contributed by atoms with Crippen molar-refractivity contribution in [3.8, 4) is 25.7 Å². The third kappa shape index (κ3) is 19.9. The Hall–Kier alpha value is -16.0. The highest BCUT2D eigenvalue weighted by molar-refractivity contribution is 7.22. The lowest BCUT2D eigenvalue weighted by molar-refractivity contribution is 0.0696. The summed E-state index contributed by atoms with van der Waals surface area (Å²) >= 11 is 13.4. The minimum absolute atomic E-state index is 0.0116. The highest BCUT2D eigenvalue weighted by atomic mass is 35.5. The molecule has 0 fully saturated rings. The molecule has 0 atom stereocenters. The molecule has 0 saturated carbocycles. The number of halogens is 1. The number of nitrogen functional groups attached to an aromatic ring is 5. The number of aliphatic hydroxyl groups is 2. The molecule has 38 nitrogen and oxygen atoms in total. The Morgan fingerprint density at radius 2 is 0.654 bits per heavy atom. The topological polar surface area (TPSA) is 535 Å². The number of aromatic carboxylic acids is 1. The van der Waals surface area contributed by atoms with Crippen LogP contribution in [0.5, 0.6) is 0 Å². The number of amides is 2. The number of aliphatic hydroxyl groups excluding tert-OH is 2. The molecule has 0 unspecified atom stereocenters. The maximum absolute atomic E-state index is 12.1. The van der Waals surface area contributed by atoms with Gasteiger partial charge in [0.25, 0.3) is 11.8 Å². The number of nitrogens with one attached hydrogen (secondary N) is 6. The lowest BCUT2D eigenvalue weighted by Gasteiger charge is -2.11. The van der Waals surface area contributed by atoms with Gasteiger partial charge in [0.05, 0.1) is 74.9 Å². The summed E-state index contributed by atoms with van der Waals surface area (Å²) in [6.07, 6.45) is 0. The fourth-order valence-electron chi connectivity index (χ4n) is 12.1. The monoisotopic (exact) mass is 1810 g/mol. The second-order valence-electron chi connectivity index (χ2n) is 27.1. The van der Waals surface area contributed by atoms with Gasteiger partial charge in [0, 0.05) is 60.7 Å². The van der Waals surface area contributed by atoms with Crippen molar-refractivity contribution in [1.29, 1.82) is 0 Å². The Morgan fingerprint density at radius 3 is 0.969 bits per heavy atom. The standard InChI is InChI=1S/C18H17N7OS.C17H15N7OS.C16H11ClN6O2S.2C16H14N6OS/c1-24(2)15(26)11-6-5-7-12(10-11)20-17-22-16(19)25(23-17)18-21-13-8-3-4-9-14(13)27-18;1-19-14(25)10-5-4-6-11(9-10)20-16-22-15(18)24(23-16)17-21-12-7-2-3-8-13(12)26-17;17-10-7-8(5-6-9(10)13(24)25)19-15-21-14(18)23(22-15)16-20-11-3-1-2-4-12(11)26-16;17-14-20-15(18-11-5-3-4-10(8-11)9-23)21-22(14)16-19-12-6-1-2-7-13(12)24-16;17-14-20-15(18-11-7-5-10(9-23)6-8-11)21-22(14)16-19-12-3-1-2-4-13(12)24-16/h3-10H,1-2H3,(H3,19,20,22,23);2-9H,1H3,(H,19,25)(H3,18,20,22,23);1-7H,(H,24,25)(H3,18,19,21,22);2*1-8,23H,9H2,(H3,17,18,20,21). The molecule has 0 aliphatic rings. The van der Waals surface area contributed by atoms with Gasteiger partial charge < -0.3 is 80.8 Å². The van der Waals surface area contributed by atoms with Crippen LogP contribution in [0.15, 0.2) is 237 Å². The summed E-state index contributed by atoms with van der Waals surface area (Å²) in [7, 11) is 5.01. The zero-order valence-corrected chi connectivity index (χ0v) is 71.5. The molecule has 0 radical (unpaired) electrons. The summed E-state index contributed by atoms with van der Waals surface area (Å²) in [5, 5.41) is 70.4. The van der Waals surface area contributed by atoms with Crippen LogP contribution in [0.1, 0.15) is 42.2 Å². The van der Waals surface area contributed by atoms with Gasteiger partial charge in [-0.05, 0) is 151 Å². The van der Waals surface area contributed by atoms with Crippen LogP contribution >= 0.6 is 68.3 Å². The van der Waals surface area contributed by atoms with E-state index in [2.05, 4.69) is 107 Å². The van der Waals surface area contributed by atoms with Crippen molar-refractivity contribution < 1.29 is 29.7 Å². The normalized spacial score (nSPS) is 10.9. The van der Waals surface area contributed by atoms with E-state index in [4.69, 9.17) is 50.5 Å². The third-order valence-corrected chi connectivity index (χ3v) is 23.4. The zero-order chi connectivity index (χ0) is 88.4. The molecule has 19 N–H and O–H groups in total. The largest absolute Gasteiger partial charge is 0.478 e. The van der Waals surface area contributed by atoms with E-state index in [1.807, 2.05) is 182 Å². The first-order valence-electron chi connectivity index (χ1n) is 38.0. The molecule has 0 bridgehead atoms. The molecule has 0 spiro atoms. The van der Waals surface area contributed by atoms with Gasteiger partial charge in [-0.3, -0.25) is 9.59 Å². The van der Waals surface area contributed by atoms with Crippen molar-refractivity contribution in [3.63, 3.8) is 0 Å². The number of benzene rings is 10. The molecule has 636 valence electrons. The van der Waals surface area contributed by atoms with E-state index in [9.17, 15) is 19.5 Å². The number of fused-ring (bicyclic) bond motifs is 5. The minimum Gasteiger partial charge on any atom is -0.478 e. The van der Waals surface area contributed by atoms with Crippen LogP contribution in [0.2, 0.25) is 5.02 Å². The molecule has 0 saturated heterocycles. The molecule has 127 heavy (non-hydrogen) atoms. The van der Waals surface area contributed by atoms with E-state index in [0.717, 1.165) is 73.6 Å². The predicted molar refractivity (Wildman–Crippen MR) is 499 cm³/mol. The van der Waals surface area contributed by atoms with E-state index < -0.39 is 5.97 Å². The summed E-state index contributed by atoms with van der Waals surface area (Å²) in [6, 6.07) is 72.5. The second kappa shape index (κ2) is 37.8. The molecular formula is C83H71ClN32O6S5. The fraction of sp³-hybridized carbons (Fsp3) is 0.0602. The number of hydrogen-bond acceptors (Lipinski definition) is 35. The van der Waals surface area contributed by atoms with Gasteiger partial charge in [0.2, 0.25) is 85.1 Å². The maximum atomic E-state index is 12.1. The van der Waals surface area contributed by atoms with Crippen molar-refractivity contribution in [1.82, 2.24) is 109 Å². The number of hydrogen-bond donors (Lipinski definition) is 14. The van der Waals surface area contributed by atoms with E-state index >= 15 is 0 Å². The first-order chi connectivity index (χ1) is 61.6. The number of carbonyl (C=O) groups is 3. The Balaban J connectivity index is 0.000000117. The Kier molecular flexibility index (Phi) is 25.1. The van der Waals surface area contributed by atoms with Crippen LogP contribution < -0.4 is 60.6 Å². The molecule has 0 aliphatic carbocycles. The summed E-state index contributed by atoms with van der Waals surface area (Å²) in [6.45, 7) is -0.0110. The average Bonchev–Trinajstić information content (AvgIpc) is 1.67. The number of nitrogens with two attached hydrogens (primary N) is 5. The summed E-state index contributed by atoms with van der Waals surface area (Å²) < 4.78 is 12.7. The quantitative estimate of drug-likeness (QED) is 0.0337. The van der Waals surface area contributed by atoms with Crippen LogP contribution in [0.3, 0.4) is 0 Å². The summed E-state index contributed by atoms with van der Waals surface area (Å²) in [5.41, 5.74) is 40.7. The van der Waals surface area contributed by atoms with Crippen LogP contribution in [0.25, 0.3) is 76.7 Å². The van der Waals surface area contributed by atoms with Crippen molar-refractivity contribution in [2.45, 2.75) is 13.2 Å². The number of anilines is 15. The van der Waals surface area contributed by atoms with Gasteiger partial charge in [0.1, 0.15) is 0 Å². The Labute approximate surface area is 743 Å².